The normalized spacial score (nSPS) is 27.5. The number of rotatable bonds is 4. The van der Waals surface area contributed by atoms with Crippen molar-refractivity contribution in [3.63, 3.8) is 0 Å². The van der Waals surface area contributed by atoms with Crippen molar-refractivity contribution in [1.29, 1.82) is 0 Å². The van der Waals surface area contributed by atoms with Gasteiger partial charge in [-0.2, -0.15) is 9.97 Å². The number of hydrogen-bond acceptors (Lipinski definition) is 8. The van der Waals surface area contributed by atoms with E-state index in [1.807, 2.05) is 0 Å². The number of piperazine rings is 1. The van der Waals surface area contributed by atoms with Crippen LogP contribution in [0.2, 0.25) is 0 Å². The Morgan fingerprint density at radius 2 is 1.83 bits per heavy atom. The molecular formula is C36H34F4N6O2. The zero-order valence-electron chi connectivity index (χ0n) is 26.3. The third-order valence-electron chi connectivity index (χ3n) is 11.4. The van der Waals surface area contributed by atoms with Crippen molar-refractivity contribution in [1.82, 2.24) is 25.2 Å². The lowest BCUT2D eigenvalue weighted by Crippen LogP contribution is -2.68. The minimum Gasteiger partial charge on any atom is -0.508 e. The molecule has 248 valence electrons. The van der Waals surface area contributed by atoms with Gasteiger partial charge in [0, 0.05) is 23.8 Å². The Morgan fingerprint density at radius 3 is 2.62 bits per heavy atom. The highest BCUT2D eigenvalue weighted by Gasteiger charge is 2.60. The Labute approximate surface area is 274 Å². The fourth-order valence-electron chi connectivity index (χ4n) is 9.19. The fourth-order valence-corrected chi connectivity index (χ4v) is 9.19. The lowest BCUT2D eigenvalue weighted by atomic mass is 9.91. The monoisotopic (exact) mass is 658 g/mol. The van der Waals surface area contributed by atoms with Gasteiger partial charge in [-0.1, -0.05) is 12.0 Å². The largest absolute Gasteiger partial charge is 0.508 e. The Hall–Kier alpha value is -4.21. The maximum Gasteiger partial charge on any atom is 0.319 e. The summed E-state index contributed by atoms with van der Waals surface area (Å²) in [6.07, 6.45) is 10.9. The van der Waals surface area contributed by atoms with Crippen molar-refractivity contribution in [3.05, 3.63) is 47.2 Å². The van der Waals surface area contributed by atoms with Crippen LogP contribution in [-0.4, -0.2) is 74.4 Å². The summed E-state index contributed by atoms with van der Waals surface area (Å²) in [4.78, 5) is 18.2. The maximum atomic E-state index is 17.2. The highest BCUT2D eigenvalue weighted by molar-refractivity contribution is 6.03. The van der Waals surface area contributed by atoms with Gasteiger partial charge in [0.15, 0.2) is 17.4 Å². The molecule has 7 heterocycles. The number of fused-ring (bicyclic) bond motifs is 7. The van der Waals surface area contributed by atoms with E-state index in [2.05, 4.69) is 21.1 Å². The van der Waals surface area contributed by atoms with Crippen LogP contribution in [0, 0.1) is 24.0 Å². The average Bonchev–Trinajstić information content (AvgIpc) is 3.72. The second-order valence-corrected chi connectivity index (χ2v) is 14.1. The number of ether oxygens (including phenoxy) is 1. The minimum atomic E-state index is -1.99. The molecule has 0 unspecified atom stereocenters. The first kappa shape index (κ1) is 29.9. The van der Waals surface area contributed by atoms with Gasteiger partial charge in [-0.25, -0.2) is 27.9 Å². The molecule has 0 amide bonds. The number of phenolic OH excluding ortho intramolecular Hbond substituents is 1. The van der Waals surface area contributed by atoms with Crippen molar-refractivity contribution in [3.8, 4) is 35.4 Å². The Morgan fingerprint density at radius 1 is 1.02 bits per heavy atom. The Kier molecular flexibility index (Phi) is 6.47. The number of terminal acetylenes is 1. The lowest BCUT2D eigenvalue weighted by molar-refractivity contribution is 0.00892. The van der Waals surface area contributed by atoms with Crippen LogP contribution in [-0.2, 0) is 6.42 Å². The SMILES string of the molecule is C#Cc1c(F)ccc2cc(O)cc(-c3nc4c5c(nc(OCC67CCCN6CCC7)nc5c3F)N3C[C@@]5(F)CC[C@](F)(N5)[C@H]3CCC4)c12. The second-order valence-electron chi connectivity index (χ2n) is 14.1. The number of alkyl halides is 2. The molecule has 2 aromatic heterocycles. The van der Waals surface area contributed by atoms with Gasteiger partial charge in [0.05, 0.1) is 34.8 Å². The summed E-state index contributed by atoms with van der Waals surface area (Å²) in [5.74, 6) is -3.12. The Bertz CT molecular complexity index is 2060. The smallest absolute Gasteiger partial charge is 0.319 e. The molecule has 0 aliphatic carbocycles. The van der Waals surface area contributed by atoms with Crippen molar-refractivity contribution in [2.24, 2.45) is 0 Å². The fraction of sp³-hybridized carbons (Fsp3) is 0.472. The molecule has 2 aromatic carbocycles. The third-order valence-corrected chi connectivity index (χ3v) is 11.4. The van der Waals surface area contributed by atoms with Crippen LogP contribution in [0.5, 0.6) is 11.8 Å². The number of aromatic hydroxyl groups is 1. The van der Waals surface area contributed by atoms with Crippen LogP contribution in [0.3, 0.4) is 0 Å². The van der Waals surface area contributed by atoms with Crippen LogP contribution < -0.4 is 15.0 Å². The summed E-state index contributed by atoms with van der Waals surface area (Å²) in [6.45, 7) is 2.09. The van der Waals surface area contributed by atoms with E-state index in [1.165, 1.54) is 24.3 Å². The van der Waals surface area contributed by atoms with Crippen LogP contribution in [0.4, 0.5) is 23.4 Å². The third kappa shape index (κ3) is 4.33. The molecule has 4 aromatic rings. The van der Waals surface area contributed by atoms with Crippen molar-refractivity contribution < 1.29 is 27.4 Å². The van der Waals surface area contributed by atoms with E-state index in [9.17, 15) is 9.50 Å². The van der Waals surface area contributed by atoms with Gasteiger partial charge in [0.1, 0.15) is 35.2 Å². The predicted octanol–water partition coefficient (Wildman–Crippen LogP) is 6.06. The number of nitrogens with zero attached hydrogens (tertiary/aromatic N) is 5. The second kappa shape index (κ2) is 10.4. The molecule has 0 spiro atoms. The maximum absolute atomic E-state index is 17.2. The summed E-state index contributed by atoms with van der Waals surface area (Å²) < 4.78 is 70.9. The molecule has 8 nitrogen and oxygen atoms in total. The molecule has 2 N–H and O–H groups in total. The van der Waals surface area contributed by atoms with Gasteiger partial charge in [-0.05, 0) is 81.6 Å². The summed E-state index contributed by atoms with van der Waals surface area (Å²) in [5, 5.41) is 14.2. The molecule has 9 rings (SSSR count). The number of anilines is 1. The molecule has 4 fully saturated rings. The standard InChI is InChI=1S/C36H34F4N6O2/c1-2-22-24(37)9-8-20-16-21(47)17-23(27(20)22)30-29(38)31-28-25(41-30)6-3-7-26-36(40)13-12-35(39,44-36)18-46(26)32(28)43-33(42-31)48-19-34-10-4-14-45(34)15-5-11-34/h1,8-9,16-17,26,44,47H,3-7,10-15,18-19H2/t26-,35-,36+/m1/s1. The first-order chi connectivity index (χ1) is 23.1. The first-order valence-electron chi connectivity index (χ1n) is 16.7. The van der Waals surface area contributed by atoms with Crippen LogP contribution in [0.25, 0.3) is 32.9 Å². The van der Waals surface area contributed by atoms with E-state index in [4.69, 9.17) is 21.1 Å². The van der Waals surface area contributed by atoms with Crippen LogP contribution in [0.1, 0.15) is 62.6 Å². The molecule has 0 saturated carbocycles. The van der Waals surface area contributed by atoms with Gasteiger partial charge in [0.25, 0.3) is 0 Å². The molecule has 3 atom stereocenters. The molecule has 2 bridgehead atoms. The van der Waals surface area contributed by atoms with E-state index in [0.717, 1.165) is 38.8 Å². The van der Waals surface area contributed by atoms with Crippen LogP contribution >= 0.6 is 0 Å². The van der Waals surface area contributed by atoms with E-state index < -0.39 is 29.3 Å². The number of nitrogens with one attached hydrogen (secondary N) is 1. The summed E-state index contributed by atoms with van der Waals surface area (Å²) >= 11 is 0. The van der Waals surface area contributed by atoms with Crippen LogP contribution in [0.15, 0.2) is 24.3 Å². The van der Waals surface area contributed by atoms with Gasteiger partial charge in [-0.15, -0.1) is 6.42 Å². The number of benzene rings is 2. The van der Waals surface area contributed by atoms with E-state index in [0.29, 0.717) is 36.9 Å². The molecule has 0 radical (unpaired) electrons. The van der Waals surface area contributed by atoms with Gasteiger partial charge in [-0.3, -0.25) is 4.90 Å². The number of hydrogen-bond donors (Lipinski definition) is 2. The lowest BCUT2D eigenvalue weighted by Gasteiger charge is -2.47. The number of pyridine rings is 1. The number of aryl methyl sites for hydroxylation is 1. The molecule has 5 aliphatic rings. The zero-order chi connectivity index (χ0) is 33.0. The van der Waals surface area contributed by atoms with E-state index in [-0.39, 0.29) is 75.6 Å². The molecule has 12 heteroatoms. The summed E-state index contributed by atoms with van der Waals surface area (Å²) in [5.41, 5.74) is -0.00190. The van der Waals surface area contributed by atoms with E-state index >= 15 is 13.2 Å². The summed E-state index contributed by atoms with van der Waals surface area (Å²) in [6, 6.07) is 4.57. The summed E-state index contributed by atoms with van der Waals surface area (Å²) in [7, 11) is 0. The Balaban J connectivity index is 1.28. The van der Waals surface area contributed by atoms with Crippen molar-refractivity contribution in [2.75, 3.05) is 31.1 Å². The number of phenols is 1. The first-order valence-corrected chi connectivity index (χ1v) is 16.7. The average molecular weight is 659 g/mol. The van der Waals surface area contributed by atoms with Gasteiger partial charge in [0.2, 0.25) is 0 Å². The molecular weight excluding hydrogens is 624 g/mol. The highest BCUT2D eigenvalue weighted by atomic mass is 19.2. The molecule has 5 aliphatic heterocycles. The van der Waals surface area contributed by atoms with Crippen molar-refractivity contribution >= 4 is 27.5 Å². The van der Waals surface area contributed by atoms with Gasteiger partial charge >= 0.3 is 6.01 Å². The molecule has 48 heavy (non-hydrogen) atoms. The quantitative estimate of drug-likeness (QED) is 0.156. The van der Waals surface area contributed by atoms with E-state index in [1.54, 1.807) is 4.90 Å². The highest BCUT2D eigenvalue weighted by Crippen LogP contribution is 2.49. The topological polar surface area (TPSA) is 86.6 Å². The predicted molar refractivity (Wildman–Crippen MR) is 172 cm³/mol. The number of halogens is 4. The van der Waals surface area contributed by atoms with Crippen molar-refractivity contribution in [2.45, 2.75) is 81.0 Å². The molecule has 4 saturated heterocycles. The number of aromatic nitrogens is 3. The minimum absolute atomic E-state index is 0.00346. The van der Waals surface area contributed by atoms with Gasteiger partial charge < -0.3 is 14.7 Å². The zero-order valence-corrected chi connectivity index (χ0v) is 26.3.